The summed E-state index contributed by atoms with van der Waals surface area (Å²) in [6.07, 6.45) is 0.164. The van der Waals surface area contributed by atoms with Gasteiger partial charge in [0.05, 0.1) is 19.1 Å². The Kier molecular flexibility index (Phi) is 7.91. The SMILES string of the molecule is C[C@@H](NCC1CN(c2ccc(CC(=O)O)cc2)CCO1)c1cccc2ccccc12.Cl. The van der Waals surface area contributed by atoms with Crippen molar-refractivity contribution in [3.8, 4) is 0 Å². The van der Waals surface area contributed by atoms with E-state index in [1.165, 1.54) is 16.3 Å². The molecular formula is C25H29ClN2O3. The summed E-state index contributed by atoms with van der Waals surface area (Å²) in [6.45, 7) is 5.31. The second kappa shape index (κ2) is 10.6. The number of fused-ring (bicyclic) bond motifs is 1. The third-order valence-electron chi connectivity index (χ3n) is 5.74. The molecule has 0 spiro atoms. The number of halogens is 1. The largest absolute Gasteiger partial charge is 0.481 e. The molecule has 0 bridgehead atoms. The van der Waals surface area contributed by atoms with Gasteiger partial charge in [0.15, 0.2) is 0 Å². The Labute approximate surface area is 189 Å². The zero-order chi connectivity index (χ0) is 20.9. The van der Waals surface area contributed by atoms with E-state index in [-0.39, 0.29) is 31.0 Å². The highest BCUT2D eigenvalue weighted by Crippen LogP contribution is 2.24. The molecule has 5 nitrogen and oxygen atoms in total. The van der Waals surface area contributed by atoms with Gasteiger partial charge in [0, 0.05) is 31.4 Å². The Hall–Kier alpha value is -2.60. The molecule has 1 saturated heterocycles. The van der Waals surface area contributed by atoms with Crippen LogP contribution in [0.1, 0.15) is 24.1 Å². The van der Waals surface area contributed by atoms with Gasteiger partial charge in [-0.2, -0.15) is 0 Å². The number of aliphatic carboxylic acids is 1. The van der Waals surface area contributed by atoms with Crippen LogP contribution < -0.4 is 10.2 Å². The quantitative estimate of drug-likeness (QED) is 0.568. The molecule has 3 aromatic rings. The molecule has 0 saturated carbocycles. The highest BCUT2D eigenvalue weighted by atomic mass is 35.5. The minimum atomic E-state index is -0.805. The smallest absolute Gasteiger partial charge is 0.307 e. The predicted octanol–water partition coefficient (Wildman–Crippen LogP) is 4.44. The van der Waals surface area contributed by atoms with Gasteiger partial charge in [-0.25, -0.2) is 0 Å². The molecular weight excluding hydrogens is 412 g/mol. The molecule has 0 aliphatic carbocycles. The topological polar surface area (TPSA) is 61.8 Å². The first-order valence-corrected chi connectivity index (χ1v) is 10.5. The number of morpholine rings is 1. The normalized spacial score (nSPS) is 17.2. The first-order chi connectivity index (χ1) is 14.6. The predicted molar refractivity (Wildman–Crippen MR) is 127 cm³/mol. The number of nitrogens with one attached hydrogen (secondary N) is 1. The van der Waals surface area contributed by atoms with Crippen molar-refractivity contribution in [2.75, 3.05) is 31.1 Å². The fraction of sp³-hybridized carbons (Fsp3) is 0.320. The maximum atomic E-state index is 10.9. The second-order valence-corrected chi connectivity index (χ2v) is 7.87. The van der Waals surface area contributed by atoms with E-state index < -0.39 is 5.97 Å². The molecule has 31 heavy (non-hydrogen) atoms. The monoisotopic (exact) mass is 440 g/mol. The van der Waals surface area contributed by atoms with Gasteiger partial charge < -0.3 is 20.1 Å². The number of anilines is 1. The van der Waals surface area contributed by atoms with Crippen LogP contribution in [0.25, 0.3) is 10.8 Å². The molecule has 0 radical (unpaired) electrons. The molecule has 0 aromatic heterocycles. The van der Waals surface area contributed by atoms with Gasteiger partial charge in [0.1, 0.15) is 0 Å². The Balaban J connectivity index is 0.00000272. The van der Waals surface area contributed by atoms with Crippen LogP contribution in [0.3, 0.4) is 0 Å². The molecule has 1 unspecified atom stereocenters. The Morgan fingerprint density at radius 3 is 2.65 bits per heavy atom. The van der Waals surface area contributed by atoms with Gasteiger partial charge in [-0.05, 0) is 41.0 Å². The lowest BCUT2D eigenvalue weighted by Gasteiger charge is -2.35. The van der Waals surface area contributed by atoms with Gasteiger partial charge in [0.25, 0.3) is 0 Å². The third-order valence-corrected chi connectivity index (χ3v) is 5.74. The second-order valence-electron chi connectivity index (χ2n) is 7.87. The number of hydrogen-bond donors (Lipinski definition) is 2. The summed E-state index contributed by atoms with van der Waals surface area (Å²) in [4.78, 5) is 13.2. The number of rotatable bonds is 7. The Morgan fingerprint density at radius 2 is 1.87 bits per heavy atom. The standard InChI is InChI=1S/C25H28N2O3.ClH/c1-18(23-8-4-6-20-5-2-3-7-24(20)23)26-16-22-17-27(13-14-30-22)21-11-9-19(10-12-21)15-25(28)29;/h2-12,18,22,26H,13-17H2,1H3,(H,28,29);1H/t18-,22?;/m1./s1. The minimum absolute atomic E-state index is 0. The minimum Gasteiger partial charge on any atom is -0.481 e. The highest BCUT2D eigenvalue weighted by molar-refractivity contribution is 5.86. The van der Waals surface area contributed by atoms with E-state index in [1.807, 2.05) is 24.3 Å². The first-order valence-electron chi connectivity index (χ1n) is 10.5. The van der Waals surface area contributed by atoms with E-state index in [1.54, 1.807) is 0 Å². The van der Waals surface area contributed by atoms with E-state index in [0.717, 1.165) is 30.9 Å². The summed E-state index contributed by atoms with van der Waals surface area (Å²) in [5, 5.41) is 15.1. The van der Waals surface area contributed by atoms with Crippen LogP contribution >= 0.6 is 12.4 Å². The van der Waals surface area contributed by atoms with Crippen molar-refractivity contribution in [2.45, 2.75) is 25.5 Å². The number of carboxylic acids is 1. The number of benzene rings is 3. The molecule has 164 valence electrons. The lowest BCUT2D eigenvalue weighted by molar-refractivity contribution is -0.136. The zero-order valence-corrected chi connectivity index (χ0v) is 18.5. The molecule has 6 heteroatoms. The van der Waals surface area contributed by atoms with E-state index in [0.29, 0.717) is 6.61 Å². The Bertz CT molecular complexity index is 1000. The Morgan fingerprint density at radius 1 is 1.13 bits per heavy atom. The molecule has 1 fully saturated rings. The van der Waals surface area contributed by atoms with Crippen LogP contribution in [0.15, 0.2) is 66.7 Å². The molecule has 1 aliphatic heterocycles. The molecule has 0 amide bonds. The maximum Gasteiger partial charge on any atom is 0.307 e. The van der Waals surface area contributed by atoms with Crippen molar-refractivity contribution in [1.29, 1.82) is 0 Å². The molecule has 3 aromatic carbocycles. The van der Waals surface area contributed by atoms with Crippen molar-refractivity contribution < 1.29 is 14.6 Å². The van der Waals surface area contributed by atoms with Crippen LogP contribution in [-0.2, 0) is 16.0 Å². The molecule has 2 atom stereocenters. The summed E-state index contributed by atoms with van der Waals surface area (Å²) >= 11 is 0. The van der Waals surface area contributed by atoms with Gasteiger partial charge in [0.2, 0.25) is 0 Å². The average molecular weight is 441 g/mol. The number of carboxylic acid groups (broad SMARTS) is 1. The van der Waals surface area contributed by atoms with E-state index in [2.05, 4.69) is 59.6 Å². The summed E-state index contributed by atoms with van der Waals surface area (Å²) in [5.74, 6) is -0.805. The summed E-state index contributed by atoms with van der Waals surface area (Å²) in [7, 11) is 0. The highest BCUT2D eigenvalue weighted by Gasteiger charge is 2.21. The van der Waals surface area contributed by atoms with Gasteiger partial charge >= 0.3 is 5.97 Å². The van der Waals surface area contributed by atoms with Crippen LogP contribution in [0.4, 0.5) is 5.69 Å². The van der Waals surface area contributed by atoms with E-state index in [9.17, 15) is 4.79 Å². The van der Waals surface area contributed by atoms with Crippen LogP contribution in [0.5, 0.6) is 0 Å². The summed E-state index contributed by atoms with van der Waals surface area (Å²) in [5.41, 5.74) is 3.23. The van der Waals surface area contributed by atoms with Crippen molar-refractivity contribution in [1.82, 2.24) is 5.32 Å². The van der Waals surface area contributed by atoms with Crippen molar-refractivity contribution in [2.24, 2.45) is 0 Å². The van der Waals surface area contributed by atoms with Crippen LogP contribution in [-0.4, -0.2) is 43.4 Å². The van der Waals surface area contributed by atoms with Gasteiger partial charge in [-0.1, -0.05) is 54.6 Å². The van der Waals surface area contributed by atoms with Gasteiger partial charge in [-0.3, -0.25) is 4.79 Å². The van der Waals surface area contributed by atoms with E-state index >= 15 is 0 Å². The summed E-state index contributed by atoms with van der Waals surface area (Å²) < 4.78 is 6.00. The molecule has 1 aliphatic rings. The number of nitrogens with zero attached hydrogens (tertiary/aromatic N) is 1. The van der Waals surface area contributed by atoms with E-state index in [4.69, 9.17) is 9.84 Å². The van der Waals surface area contributed by atoms with Crippen molar-refractivity contribution in [3.63, 3.8) is 0 Å². The lowest BCUT2D eigenvalue weighted by Crippen LogP contribution is -2.47. The molecule has 1 heterocycles. The van der Waals surface area contributed by atoms with Crippen molar-refractivity contribution in [3.05, 3.63) is 77.9 Å². The number of ether oxygens (including phenoxy) is 1. The maximum absolute atomic E-state index is 10.9. The lowest BCUT2D eigenvalue weighted by atomic mass is 9.99. The fourth-order valence-electron chi connectivity index (χ4n) is 4.12. The van der Waals surface area contributed by atoms with Gasteiger partial charge in [-0.15, -0.1) is 12.4 Å². The zero-order valence-electron chi connectivity index (χ0n) is 17.7. The molecule has 4 rings (SSSR count). The average Bonchev–Trinajstić information content (AvgIpc) is 2.77. The first kappa shape index (κ1) is 23.1. The number of hydrogen-bond acceptors (Lipinski definition) is 4. The molecule has 2 N–H and O–H groups in total. The van der Waals surface area contributed by atoms with Crippen molar-refractivity contribution >= 4 is 34.8 Å². The fourth-order valence-corrected chi connectivity index (χ4v) is 4.12. The summed E-state index contributed by atoms with van der Waals surface area (Å²) in [6, 6.07) is 23.0. The number of carbonyl (C=O) groups is 1. The van der Waals surface area contributed by atoms with Crippen LogP contribution in [0.2, 0.25) is 0 Å². The third kappa shape index (κ3) is 5.76. The van der Waals surface area contributed by atoms with Crippen LogP contribution in [0, 0.1) is 0 Å².